The number of likely N-dealkylation sites (N-methyl/N-ethyl adjacent to an activating group) is 1. The molecule has 2 aromatic rings. The molecule has 0 aliphatic heterocycles. The van der Waals surface area contributed by atoms with Crippen LogP contribution in [0.5, 0.6) is 5.75 Å². The molecule has 1 heterocycles. The van der Waals surface area contributed by atoms with Crippen LogP contribution in [0.3, 0.4) is 0 Å². The first kappa shape index (κ1) is 21.1. The van der Waals surface area contributed by atoms with Crippen LogP contribution in [0.25, 0.3) is 10.9 Å². The monoisotopic (exact) mass is 405 g/mol. The van der Waals surface area contributed by atoms with E-state index in [-0.39, 0.29) is 28.7 Å². The minimum Gasteiger partial charge on any atom is -0.492 e. The number of hydrogen-bond donors (Lipinski definition) is 2. The van der Waals surface area contributed by atoms with E-state index in [0.717, 1.165) is 18.9 Å². The Morgan fingerprint density at radius 2 is 2.14 bits per heavy atom. The molecule has 1 aromatic heterocycles. The molecule has 0 radical (unpaired) electrons. The van der Waals surface area contributed by atoms with Gasteiger partial charge in [-0.3, -0.25) is 4.79 Å². The Morgan fingerprint density at radius 3 is 2.66 bits per heavy atom. The van der Waals surface area contributed by atoms with Gasteiger partial charge in [0.1, 0.15) is 11.3 Å². The van der Waals surface area contributed by atoms with Crippen LogP contribution in [0.15, 0.2) is 17.1 Å². The smallest absolute Gasteiger partial charge is 0.341 e. The molecular formula is C21H28FN3O4. The molecule has 2 N–H and O–H groups in total. The van der Waals surface area contributed by atoms with Crippen molar-refractivity contribution in [3.05, 3.63) is 33.9 Å². The molecule has 3 rings (SSSR count). The Labute approximate surface area is 169 Å². The van der Waals surface area contributed by atoms with Crippen LogP contribution in [0.2, 0.25) is 0 Å². The predicted molar refractivity (Wildman–Crippen MR) is 111 cm³/mol. The maximum Gasteiger partial charge on any atom is 0.341 e. The zero-order chi connectivity index (χ0) is 21.3. The summed E-state index contributed by atoms with van der Waals surface area (Å²) >= 11 is 0. The van der Waals surface area contributed by atoms with Gasteiger partial charge in [-0.2, -0.15) is 0 Å². The van der Waals surface area contributed by atoms with Gasteiger partial charge in [0.25, 0.3) is 0 Å². The van der Waals surface area contributed by atoms with Crippen LogP contribution in [-0.2, 0) is 0 Å². The molecule has 7 nitrogen and oxygen atoms in total. The van der Waals surface area contributed by atoms with Crippen LogP contribution in [0.4, 0.5) is 10.1 Å². The summed E-state index contributed by atoms with van der Waals surface area (Å²) in [7, 11) is 3.29. The molecule has 1 aliphatic rings. The third-order valence-corrected chi connectivity index (χ3v) is 5.11. The van der Waals surface area contributed by atoms with Crippen molar-refractivity contribution in [1.82, 2.24) is 9.88 Å². The van der Waals surface area contributed by atoms with Crippen molar-refractivity contribution in [2.75, 3.05) is 38.7 Å². The molecule has 1 aromatic carbocycles. The van der Waals surface area contributed by atoms with Crippen LogP contribution in [0, 0.1) is 11.7 Å². The van der Waals surface area contributed by atoms with Crippen molar-refractivity contribution in [2.24, 2.45) is 5.92 Å². The number of hydrogen-bond acceptors (Lipinski definition) is 5. The summed E-state index contributed by atoms with van der Waals surface area (Å²) < 4.78 is 22.7. The Bertz CT molecular complexity index is 982. The molecule has 0 bridgehead atoms. The standard InChI is InChI=1S/C21H28FN3O4/c1-12(2)10-24(8-7-23-3)18-16(22)9-14-17(20(18)29-4)25(13-5-6-13)11-15(19(14)26)21(27)28/h9,11-13,23H,5-8,10H2,1-4H3,(H,27,28). The SMILES string of the molecule is CNCCN(CC(C)C)c1c(F)cc2c(=O)c(C(=O)O)cn(C3CC3)c2c1OC. The molecule has 0 spiro atoms. The molecule has 0 unspecified atom stereocenters. The Hall–Kier alpha value is -2.61. The van der Waals surface area contributed by atoms with Crippen molar-refractivity contribution in [2.45, 2.75) is 32.7 Å². The van der Waals surface area contributed by atoms with Gasteiger partial charge in [0.2, 0.25) is 5.43 Å². The Morgan fingerprint density at radius 1 is 1.45 bits per heavy atom. The van der Waals surface area contributed by atoms with E-state index < -0.39 is 17.2 Å². The number of carboxylic acid groups (broad SMARTS) is 1. The quantitative estimate of drug-likeness (QED) is 0.668. The number of anilines is 1. The second-order valence-electron chi connectivity index (χ2n) is 7.90. The van der Waals surface area contributed by atoms with Crippen molar-refractivity contribution in [1.29, 1.82) is 0 Å². The van der Waals surface area contributed by atoms with Crippen molar-refractivity contribution in [3.8, 4) is 5.75 Å². The van der Waals surface area contributed by atoms with E-state index in [0.29, 0.717) is 30.8 Å². The van der Waals surface area contributed by atoms with E-state index in [1.54, 1.807) is 4.57 Å². The van der Waals surface area contributed by atoms with E-state index in [1.807, 2.05) is 11.9 Å². The number of pyridine rings is 1. The Kier molecular flexibility index (Phi) is 6.12. The minimum absolute atomic E-state index is 0.0352. The number of methoxy groups -OCH3 is 1. The van der Waals surface area contributed by atoms with Gasteiger partial charge in [-0.25, -0.2) is 9.18 Å². The van der Waals surface area contributed by atoms with Crippen molar-refractivity contribution < 1.29 is 19.0 Å². The van der Waals surface area contributed by atoms with Gasteiger partial charge in [0, 0.05) is 31.9 Å². The third kappa shape index (κ3) is 4.07. The summed E-state index contributed by atoms with van der Waals surface area (Å²) in [4.78, 5) is 26.3. The first-order chi connectivity index (χ1) is 13.8. The molecule has 8 heteroatoms. The predicted octanol–water partition coefficient (Wildman–Crippen LogP) is 2.86. The molecule has 158 valence electrons. The number of carboxylic acids is 1. The first-order valence-corrected chi connectivity index (χ1v) is 9.88. The second kappa shape index (κ2) is 8.41. The maximum atomic E-state index is 15.3. The van der Waals surface area contributed by atoms with Crippen LogP contribution < -0.4 is 20.4 Å². The molecule has 0 amide bonds. The number of halogens is 1. The lowest BCUT2D eigenvalue weighted by Gasteiger charge is -2.29. The molecule has 29 heavy (non-hydrogen) atoms. The maximum absolute atomic E-state index is 15.3. The number of benzene rings is 1. The van der Waals surface area contributed by atoms with Crippen molar-refractivity contribution in [3.63, 3.8) is 0 Å². The Balaban J connectivity index is 2.34. The van der Waals surface area contributed by atoms with Gasteiger partial charge in [0.15, 0.2) is 11.6 Å². The number of ether oxygens (including phenoxy) is 1. The van der Waals surface area contributed by atoms with Gasteiger partial charge >= 0.3 is 5.97 Å². The number of fused-ring (bicyclic) bond motifs is 1. The number of aromatic nitrogens is 1. The summed E-state index contributed by atoms with van der Waals surface area (Å²) in [5.74, 6) is -1.34. The van der Waals surface area contributed by atoms with E-state index >= 15 is 4.39 Å². The van der Waals surface area contributed by atoms with E-state index in [9.17, 15) is 14.7 Å². The minimum atomic E-state index is -1.31. The molecule has 0 atom stereocenters. The van der Waals surface area contributed by atoms with Crippen LogP contribution in [0.1, 0.15) is 43.1 Å². The molecule has 1 fully saturated rings. The van der Waals surface area contributed by atoms with Gasteiger partial charge in [-0.1, -0.05) is 13.8 Å². The van der Waals surface area contributed by atoms with Gasteiger partial charge in [0.05, 0.1) is 18.0 Å². The van der Waals surface area contributed by atoms with E-state index in [4.69, 9.17) is 4.74 Å². The zero-order valence-electron chi connectivity index (χ0n) is 17.3. The third-order valence-electron chi connectivity index (χ3n) is 5.11. The number of rotatable bonds is 9. The highest BCUT2D eigenvalue weighted by Crippen LogP contribution is 2.43. The first-order valence-electron chi connectivity index (χ1n) is 9.88. The number of aromatic carboxylic acids is 1. The summed E-state index contributed by atoms with van der Waals surface area (Å²) in [5, 5.41) is 12.5. The van der Waals surface area contributed by atoms with E-state index in [1.165, 1.54) is 13.3 Å². The molecule has 1 aliphatic carbocycles. The number of nitrogens with zero attached hydrogens (tertiary/aromatic N) is 2. The summed E-state index contributed by atoms with van der Waals surface area (Å²) in [6.07, 6.45) is 3.12. The lowest BCUT2D eigenvalue weighted by molar-refractivity contribution is 0.0695. The largest absolute Gasteiger partial charge is 0.492 e. The summed E-state index contributed by atoms with van der Waals surface area (Å²) in [5.41, 5.74) is -0.285. The van der Waals surface area contributed by atoms with Crippen LogP contribution >= 0.6 is 0 Å². The summed E-state index contributed by atoms with van der Waals surface area (Å²) in [6, 6.07) is 1.24. The zero-order valence-corrected chi connectivity index (χ0v) is 17.3. The fraction of sp³-hybridized carbons (Fsp3) is 0.524. The fourth-order valence-electron chi connectivity index (χ4n) is 3.71. The average molecular weight is 405 g/mol. The summed E-state index contributed by atoms with van der Waals surface area (Å²) in [6.45, 7) is 5.94. The highest BCUT2D eigenvalue weighted by Gasteiger charge is 2.31. The topological polar surface area (TPSA) is 83.8 Å². The number of nitrogens with one attached hydrogen (secondary N) is 1. The highest BCUT2D eigenvalue weighted by atomic mass is 19.1. The van der Waals surface area contributed by atoms with Gasteiger partial charge < -0.3 is 24.6 Å². The van der Waals surface area contributed by atoms with Crippen LogP contribution in [-0.4, -0.2) is 49.4 Å². The van der Waals surface area contributed by atoms with Gasteiger partial charge in [-0.15, -0.1) is 0 Å². The fourth-order valence-corrected chi connectivity index (χ4v) is 3.71. The van der Waals surface area contributed by atoms with Gasteiger partial charge in [-0.05, 0) is 31.9 Å². The molecular weight excluding hydrogens is 377 g/mol. The lowest BCUT2D eigenvalue weighted by atomic mass is 10.1. The lowest BCUT2D eigenvalue weighted by Crippen LogP contribution is -2.35. The highest BCUT2D eigenvalue weighted by molar-refractivity contribution is 5.97. The van der Waals surface area contributed by atoms with Crippen molar-refractivity contribution >= 4 is 22.6 Å². The normalized spacial score (nSPS) is 13.9. The van der Waals surface area contributed by atoms with E-state index in [2.05, 4.69) is 19.2 Å². The molecule has 1 saturated carbocycles. The second-order valence-corrected chi connectivity index (χ2v) is 7.90. The number of carbonyl (C=O) groups is 1. The molecule has 0 saturated heterocycles. The average Bonchev–Trinajstić information content (AvgIpc) is 3.49.